The Morgan fingerprint density at radius 1 is 1.19 bits per heavy atom. The molecule has 9 heteroatoms. The van der Waals surface area contributed by atoms with Crippen LogP contribution in [0.4, 0.5) is 4.39 Å². The summed E-state index contributed by atoms with van der Waals surface area (Å²) in [6, 6.07) is 4.60. The molecule has 0 bridgehead atoms. The van der Waals surface area contributed by atoms with Gasteiger partial charge in [-0.2, -0.15) is 0 Å². The number of hydrogen-bond donors (Lipinski definition) is 3. The highest BCUT2D eigenvalue weighted by molar-refractivity contribution is 6.07. The Bertz CT molecular complexity index is 1080. The van der Waals surface area contributed by atoms with Crippen molar-refractivity contribution in [3.63, 3.8) is 0 Å². The average Bonchev–Trinajstić information content (AvgIpc) is 3.49. The summed E-state index contributed by atoms with van der Waals surface area (Å²) in [6.45, 7) is 2.37. The van der Waals surface area contributed by atoms with Gasteiger partial charge in [0, 0.05) is 23.9 Å². The summed E-state index contributed by atoms with van der Waals surface area (Å²) in [4.78, 5) is 24.7. The quantitative estimate of drug-likeness (QED) is 0.540. The third-order valence-electron chi connectivity index (χ3n) is 5.75. The number of rotatable bonds is 6. The number of H-pyrrole nitrogens is 1. The summed E-state index contributed by atoms with van der Waals surface area (Å²) in [5.41, 5.74) is 2.93. The van der Waals surface area contributed by atoms with Crippen molar-refractivity contribution < 1.29 is 13.9 Å². The Hall–Kier alpha value is -2.71. The van der Waals surface area contributed by atoms with Gasteiger partial charge in [0.15, 0.2) is 0 Å². The molecule has 1 aliphatic heterocycles. The van der Waals surface area contributed by atoms with E-state index in [1.807, 2.05) is 0 Å². The lowest BCUT2D eigenvalue weighted by Crippen LogP contribution is -2.42. The topological polar surface area (TPSA) is 91.9 Å². The van der Waals surface area contributed by atoms with Gasteiger partial charge in [-0.1, -0.05) is 0 Å². The van der Waals surface area contributed by atoms with Gasteiger partial charge in [0.1, 0.15) is 29.1 Å². The van der Waals surface area contributed by atoms with Crippen LogP contribution in [0.2, 0.25) is 0 Å². The minimum Gasteiger partial charge on any atom is -0.492 e. The standard InChI is InChI=1S/C22H24FN5O2.ClH/c23-14-3-4-16(18(9-14)30-11-13-1-2-13)19-21-20(27-12-26-19)17(10-25-21)22(29)28-15-5-7-24-8-6-15;/h3-4,9-10,12-13,15,24-25H,1-2,5-8,11H2,(H,28,29);1H. The Morgan fingerprint density at radius 2 is 2.00 bits per heavy atom. The number of carbonyl (C=O) groups is 1. The zero-order chi connectivity index (χ0) is 20.5. The number of piperidine rings is 1. The summed E-state index contributed by atoms with van der Waals surface area (Å²) >= 11 is 0. The van der Waals surface area contributed by atoms with Crippen molar-refractivity contribution in [1.29, 1.82) is 0 Å². The number of hydrogen-bond acceptors (Lipinski definition) is 5. The third kappa shape index (κ3) is 4.65. The molecule has 3 heterocycles. The van der Waals surface area contributed by atoms with Crippen LogP contribution in [0.3, 0.4) is 0 Å². The number of aromatic nitrogens is 3. The van der Waals surface area contributed by atoms with E-state index in [0.29, 0.717) is 46.1 Å². The molecule has 1 amide bonds. The first kappa shape index (κ1) is 21.5. The van der Waals surface area contributed by atoms with Crippen molar-refractivity contribution in [2.45, 2.75) is 31.7 Å². The molecule has 0 unspecified atom stereocenters. The van der Waals surface area contributed by atoms with Crippen LogP contribution in [0.1, 0.15) is 36.0 Å². The molecule has 2 aliphatic rings. The van der Waals surface area contributed by atoms with Crippen LogP contribution in [0.25, 0.3) is 22.3 Å². The van der Waals surface area contributed by atoms with Crippen molar-refractivity contribution in [3.8, 4) is 17.0 Å². The second-order valence-electron chi connectivity index (χ2n) is 8.04. The molecule has 31 heavy (non-hydrogen) atoms. The van der Waals surface area contributed by atoms with Crippen molar-refractivity contribution in [2.24, 2.45) is 5.92 Å². The Balaban J connectivity index is 0.00000231. The van der Waals surface area contributed by atoms with Crippen LogP contribution < -0.4 is 15.4 Å². The minimum atomic E-state index is -0.358. The fraction of sp³-hybridized carbons (Fsp3) is 0.409. The average molecular weight is 446 g/mol. The molecule has 1 saturated carbocycles. The smallest absolute Gasteiger partial charge is 0.255 e. The molecule has 1 aromatic carbocycles. The van der Waals surface area contributed by atoms with Crippen molar-refractivity contribution in [3.05, 3.63) is 42.1 Å². The molecule has 0 atom stereocenters. The number of carbonyl (C=O) groups excluding carboxylic acids is 1. The molecule has 164 valence electrons. The van der Waals surface area contributed by atoms with E-state index in [9.17, 15) is 9.18 Å². The minimum absolute atomic E-state index is 0. The maximum Gasteiger partial charge on any atom is 0.255 e. The van der Waals surface area contributed by atoms with Crippen molar-refractivity contribution in [1.82, 2.24) is 25.6 Å². The zero-order valence-corrected chi connectivity index (χ0v) is 17.8. The summed E-state index contributed by atoms with van der Waals surface area (Å²) < 4.78 is 19.8. The van der Waals surface area contributed by atoms with Gasteiger partial charge >= 0.3 is 0 Å². The summed E-state index contributed by atoms with van der Waals surface area (Å²) in [5, 5.41) is 6.39. The van der Waals surface area contributed by atoms with E-state index in [4.69, 9.17) is 4.74 Å². The lowest BCUT2D eigenvalue weighted by Gasteiger charge is -2.23. The summed E-state index contributed by atoms with van der Waals surface area (Å²) in [7, 11) is 0. The molecule has 1 aliphatic carbocycles. The number of ether oxygens (including phenoxy) is 1. The molecule has 3 N–H and O–H groups in total. The van der Waals surface area contributed by atoms with Gasteiger partial charge < -0.3 is 20.4 Å². The molecule has 5 rings (SSSR count). The van der Waals surface area contributed by atoms with E-state index < -0.39 is 0 Å². The molecule has 2 fully saturated rings. The second-order valence-corrected chi connectivity index (χ2v) is 8.04. The van der Waals surface area contributed by atoms with Gasteiger partial charge in [-0.25, -0.2) is 14.4 Å². The summed E-state index contributed by atoms with van der Waals surface area (Å²) in [6.07, 6.45) is 7.20. The highest BCUT2D eigenvalue weighted by atomic mass is 35.5. The third-order valence-corrected chi connectivity index (χ3v) is 5.75. The van der Waals surface area contributed by atoms with E-state index in [0.717, 1.165) is 38.8 Å². The van der Waals surface area contributed by atoms with Crippen LogP contribution in [0.5, 0.6) is 5.75 Å². The van der Waals surface area contributed by atoms with Crippen LogP contribution in [-0.2, 0) is 0 Å². The highest BCUT2D eigenvalue weighted by Gasteiger charge is 2.24. The fourth-order valence-electron chi connectivity index (χ4n) is 3.85. The Labute approximate surface area is 185 Å². The molecule has 0 spiro atoms. The number of nitrogens with one attached hydrogen (secondary N) is 3. The maximum atomic E-state index is 13.9. The number of halogens is 2. The van der Waals surface area contributed by atoms with Crippen LogP contribution in [-0.4, -0.2) is 46.6 Å². The first-order chi connectivity index (χ1) is 14.7. The van der Waals surface area contributed by atoms with Crippen molar-refractivity contribution >= 4 is 29.3 Å². The van der Waals surface area contributed by atoms with E-state index >= 15 is 0 Å². The van der Waals surface area contributed by atoms with Crippen LogP contribution in [0, 0.1) is 11.7 Å². The number of amides is 1. The normalized spacial score (nSPS) is 16.7. The number of nitrogens with zero attached hydrogens (tertiary/aromatic N) is 2. The molecule has 7 nitrogen and oxygen atoms in total. The highest BCUT2D eigenvalue weighted by Crippen LogP contribution is 2.36. The molecule has 1 saturated heterocycles. The number of fused-ring (bicyclic) bond motifs is 1. The van der Waals surface area contributed by atoms with Gasteiger partial charge in [0.2, 0.25) is 0 Å². The van der Waals surface area contributed by atoms with Gasteiger partial charge in [-0.15, -0.1) is 12.4 Å². The van der Waals surface area contributed by atoms with Crippen molar-refractivity contribution in [2.75, 3.05) is 19.7 Å². The molecule has 2 aromatic heterocycles. The van der Waals surface area contributed by atoms with E-state index in [2.05, 4.69) is 25.6 Å². The van der Waals surface area contributed by atoms with E-state index in [1.165, 1.54) is 18.5 Å². The Kier molecular flexibility index (Phi) is 6.38. The largest absolute Gasteiger partial charge is 0.492 e. The lowest BCUT2D eigenvalue weighted by molar-refractivity contribution is 0.0931. The number of aromatic amines is 1. The van der Waals surface area contributed by atoms with Crippen LogP contribution >= 0.6 is 12.4 Å². The maximum absolute atomic E-state index is 13.9. The second kappa shape index (κ2) is 9.20. The first-order valence-corrected chi connectivity index (χ1v) is 10.5. The predicted octanol–water partition coefficient (Wildman–Crippen LogP) is 3.46. The van der Waals surface area contributed by atoms with E-state index in [-0.39, 0.29) is 30.2 Å². The van der Waals surface area contributed by atoms with Gasteiger partial charge in [0.25, 0.3) is 5.91 Å². The zero-order valence-electron chi connectivity index (χ0n) is 17.0. The van der Waals surface area contributed by atoms with Gasteiger partial charge in [-0.05, 0) is 56.8 Å². The molecule has 3 aromatic rings. The SMILES string of the molecule is Cl.O=C(NC1CCNCC1)c1c[nH]c2c(-c3ccc(F)cc3OCC3CC3)ncnc12. The predicted molar refractivity (Wildman–Crippen MR) is 118 cm³/mol. The summed E-state index contributed by atoms with van der Waals surface area (Å²) in [5.74, 6) is 0.491. The van der Waals surface area contributed by atoms with E-state index in [1.54, 1.807) is 12.3 Å². The van der Waals surface area contributed by atoms with Crippen LogP contribution in [0.15, 0.2) is 30.7 Å². The Morgan fingerprint density at radius 3 is 2.77 bits per heavy atom. The monoisotopic (exact) mass is 445 g/mol. The first-order valence-electron chi connectivity index (χ1n) is 10.5. The molecule has 0 radical (unpaired) electrons. The van der Waals surface area contributed by atoms with Gasteiger partial charge in [0.05, 0.1) is 17.7 Å². The number of benzene rings is 1. The van der Waals surface area contributed by atoms with Gasteiger partial charge in [-0.3, -0.25) is 4.79 Å². The lowest BCUT2D eigenvalue weighted by atomic mass is 10.1. The molecular formula is C22H25ClFN5O2. The fourth-order valence-corrected chi connectivity index (χ4v) is 3.85. The molecular weight excluding hydrogens is 421 g/mol.